The molecular weight excluding hydrogens is 346 g/mol. The predicted octanol–water partition coefficient (Wildman–Crippen LogP) is 2.30. The maximum Gasteiger partial charge on any atom is 0.321 e. The highest BCUT2D eigenvalue weighted by atomic mass is 16.5. The molecule has 3 amide bonds. The summed E-state index contributed by atoms with van der Waals surface area (Å²) in [5.41, 5.74) is 0.998. The van der Waals surface area contributed by atoms with Crippen LogP contribution < -0.4 is 15.4 Å². The molecule has 150 valence electrons. The molecule has 1 aliphatic rings. The number of carbonyl (C=O) groups is 2. The molecule has 0 spiro atoms. The normalized spacial score (nSPS) is 16.3. The molecule has 1 saturated heterocycles. The lowest BCUT2D eigenvalue weighted by Gasteiger charge is -2.25. The van der Waals surface area contributed by atoms with Gasteiger partial charge in [-0.2, -0.15) is 0 Å². The lowest BCUT2D eigenvalue weighted by atomic mass is 10.1. The molecule has 0 unspecified atom stereocenters. The van der Waals surface area contributed by atoms with Crippen molar-refractivity contribution >= 4 is 11.9 Å². The summed E-state index contributed by atoms with van der Waals surface area (Å²) >= 11 is 0. The Bertz CT molecular complexity index is 603. The zero-order valence-corrected chi connectivity index (χ0v) is 16.3. The van der Waals surface area contributed by atoms with E-state index in [1.165, 1.54) is 0 Å². The van der Waals surface area contributed by atoms with Gasteiger partial charge in [0.05, 0.1) is 19.8 Å². The van der Waals surface area contributed by atoms with Gasteiger partial charge >= 0.3 is 6.03 Å². The number of rotatable bonds is 10. The van der Waals surface area contributed by atoms with E-state index in [1.807, 2.05) is 36.1 Å². The number of nitrogens with zero attached hydrogens (tertiary/aromatic N) is 1. The Balaban J connectivity index is 1.94. The highest BCUT2D eigenvalue weighted by Crippen LogP contribution is 2.21. The predicted molar refractivity (Wildman–Crippen MR) is 104 cm³/mol. The number of imide groups is 1. The van der Waals surface area contributed by atoms with Gasteiger partial charge in [-0.05, 0) is 25.3 Å². The second-order valence-corrected chi connectivity index (χ2v) is 6.77. The molecule has 0 bridgehead atoms. The molecule has 0 saturated carbocycles. The highest BCUT2D eigenvalue weighted by Gasteiger charge is 2.22. The average Bonchev–Trinajstić information content (AvgIpc) is 3.15. The Hall–Kier alpha value is -2.12. The van der Waals surface area contributed by atoms with E-state index in [-0.39, 0.29) is 18.6 Å². The van der Waals surface area contributed by atoms with Crippen LogP contribution in [0.15, 0.2) is 24.3 Å². The van der Waals surface area contributed by atoms with Crippen molar-refractivity contribution in [2.75, 3.05) is 33.4 Å². The van der Waals surface area contributed by atoms with Gasteiger partial charge in [0, 0.05) is 31.8 Å². The van der Waals surface area contributed by atoms with Gasteiger partial charge in [-0.3, -0.25) is 15.0 Å². The average molecular weight is 377 g/mol. The third-order valence-corrected chi connectivity index (χ3v) is 4.51. The van der Waals surface area contributed by atoms with E-state index < -0.39 is 6.03 Å². The number of hydrogen-bond donors (Lipinski definition) is 2. The Morgan fingerprint density at radius 1 is 1.33 bits per heavy atom. The van der Waals surface area contributed by atoms with Gasteiger partial charge in [-0.25, -0.2) is 4.79 Å². The fourth-order valence-corrected chi connectivity index (χ4v) is 3.13. The Kier molecular flexibility index (Phi) is 9.07. The first-order valence-corrected chi connectivity index (χ1v) is 9.66. The molecule has 1 heterocycles. The fourth-order valence-electron chi connectivity index (χ4n) is 3.13. The van der Waals surface area contributed by atoms with E-state index >= 15 is 0 Å². The van der Waals surface area contributed by atoms with Crippen LogP contribution in [0.2, 0.25) is 0 Å². The second-order valence-electron chi connectivity index (χ2n) is 6.77. The van der Waals surface area contributed by atoms with Gasteiger partial charge in [0.25, 0.3) is 0 Å². The van der Waals surface area contributed by atoms with Crippen LogP contribution in [0, 0.1) is 0 Å². The zero-order chi connectivity index (χ0) is 19.5. The van der Waals surface area contributed by atoms with Crippen molar-refractivity contribution in [3.05, 3.63) is 29.8 Å². The quantitative estimate of drug-likeness (QED) is 0.612. The lowest BCUT2D eigenvalue weighted by molar-refractivity contribution is -0.121. The smallest absolute Gasteiger partial charge is 0.321 e. The number of amides is 3. The summed E-state index contributed by atoms with van der Waals surface area (Å²) in [6, 6.07) is 7.31. The molecule has 7 heteroatoms. The summed E-state index contributed by atoms with van der Waals surface area (Å²) in [7, 11) is 1.64. The van der Waals surface area contributed by atoms with Gasteiger partial charge in [-0.1, -0.05) is 31.5 Å². The van der Waals surface area contributed by atoms with Gasteiger partial charge in [-0.15, -0.1) is 0 Å². The molecule has 7 nitrogen and oxygen atoms in total. The zero-order valence-electron chi connectivity index (χ0n) is 16.3. The summed E-state index contributed by atoms with van der Waals surface area (Å²) in [4.78, 5) is 26.1. The maximum atomic E-state index is 12.3. The van der Waals surface area contributed by atoms with E-state index in [9.17, 15) is 9.59 Å². The van der Waals surface area contributed by atoms with Gasteiger partial charge in [0.1, 0.15) is 5.75 Å². The van der Waals surface area contributed by atoms with E-state index in [4.69, 9.17) is 9.47 Å². The number of urea groups is 1. The fraction of sp³-hybridized carbons (Fsp3) is 0.600. The number of para-hydroxylation sites is 1. The third kappa shape index (κ3) is 7.56. The van der Waals surface area contributed by atoms with Crippen LogP contribution in [-0.4, -0.2) is 56.3 Å². The first kappa shape index (κ1) is 21.2. The van der Waals surface area contributed by atoms with Crippen LogP contribution in [0.1, 0.15) is 38.2 Å². The molecule has 1 atom stereocenters. The largest absolute Gasteiger partial charge is 0.496 e. The van der Waals surface area contributed by atoms with E-state index in [0.29, 0.717) is 19.6 Å². The van der Waals surface area contributed by atoms with Crippen molar-refractivity contribution < 1.29 is 19.1 Å². The highest BCUT2D eigenvalue weighted by molar-refractivity contribution is 5.95. The van der Waals surface area contributed by atoms with Crippen molar-refractivity contribution in [1.29, 1.82) is 0 Å². The van der Waals surface area contributed by atoms with Gasteiger partial charge < -0.3 is 14.8 Å². The minimum Gasteiger partial charge on any atom is -0.496 e. The second kappa shape index (κ2) is 11.6. The minimum absolute atomic E-state index is 0.117. The molecule has 1 aromatic carbocycles. The van der Waals surface area contributed by atoms with E-state index in [0.717, 1.165) is 43.6 Å². The Morgan fingerprint density at radius 3 is 2.85 bits per heavy atom. The summed E-state index contributed by atoms with van der Waals surface area (Å²) < 4.78 is 11.1. The van der Waals surface area contributed by atoms with E-state index in [2.05, 4.69) is 10.6 Å². The molecule has 27 heavy (non-hydrogen) atoms. The number of hydrogen-bond acceptors (Lipinski definition) is 5. The first-order chi connectivity index (χ1) is 13.1. The topological polar surface area (TPSA) is 79.9 Å². The van der Waals surface area contributed by atoms with Crippen molar-refractivity contribution in [2.24, 2.45) is 0 Å². The van der Waals surface area contributed by atoms with Crippen molar-refractivity contribution in [2.45, 2.75) is 45.3 Å². The molecule has 0 aliphatic carbocycles. The van der Waals surface area contributed by atoms with Crippen LogP contribution in [-0.2, 0) is 16.1 Å². The van der Waals surface area contributed by atoms with Crippen LogP contribution in [0.5, 0.6) is 5.75 Å². The molecule has 2 rings (SSSR count). The molecule has 0 radical (unpaired) electrons. The summed E-state index contributed by atoms with van der Waals surface area (Å²) in [6.45, 7) is 4.69. The Morgan fingerprint density at radius 2 is 2.15 bits per heavy atom. The molecule has 1 aliphatic heterocycles. The molecular formula is C20H31N3O4. The van der Waals surface area contributed by atoms with Gasteiger partial charge in [0.15, 0.2) is 0 Å². The third-order valence-electron chi connectivity index (χ3n) is 4.51. The standard InChI is InChI=1S/C20H31N3O4/c1-3-4-11-21-20(25)22-19(24)15-23(14-17-9-7-12-27-17)13-16-8-5-6-10-18(16)26-2/h5-6,8,10,17H,3-4,7,9,11-15H2,1-2H3,(H2,21,22,24,25)/t17-/m1/s1. The van der Waals surface area contributed by atoms with Crippen LogP contribution in [0.4, 0.5) is 4.79 Å². The van der Waals surface area contributed by atoms with Crippen molar-refractivity contribution in [3.8, 4) is 5.75 Å². The molecule has 1 fully saturated rings. The number of carbonyl (C=O) groups excluding carboxylic acids is 2. The molecule has 2 N–H and O–H groups in total. The molecule has 1 aromatic rings. The van der Waals surface area contributed by atoms with Crippen molar-refractivity contribution in [1.82, 2.24) is 15.5 Å². The summed E-state index contributed by atoms with van der Waals surface area (Å²) in [5.74, 6) is 0.462. The number of benzene rings is 1. The minimum atomic E-state index is -0.442. The number of unbranched alkanes of at least 4 members (excludes halogenated alkanes) is 1. The van der Waals surface area contributed by atoms with E-state index in [1.54, 1.807) is 7.11 Å². The monoisotopic (exact) mass is 377 g/mol. The summed E-state index contributed by atoms with van der Waals surface area (Å²) in [6.07, 6.45) is 4.02. The molecule has 0 aromatic heterocycles. The van der Waals surface area contributed by atoms with Crippen LogP contribution >= 0.6 is 0 Å². The SMILES string of the molecule is CCCCNC(=O)NC(=O)CN(Cc1ccccc1OC)C[C@H]1CCCO1. The first-order valence-electron chi connectivity index (χ1n) is 9.66. The lowest BCUT2D eigenvalue weighted by Crippen LogP contribution is -2.46. The van der Waals surface area contributed by atoms with Gasteiger partial charge in [0.2, 0.25) is 5.91 Å². The van der Waals surface area contributed by atoms with Crippen LogP contribution in [0.25, 0.3) is 0 Å². The maximum absolute atomic E-state index is 12.3. The van der Waals surface area contributed by atoms with Crippen LogP contribution in [0.3, 0.4) is 0 Å². The van der Waals surface area contributed by atoms with Crippen molar-refractivity contribution in [3.63, 3.8) is 0 Å². The Labute approximate surface area is 161 Å². The number of nitrogens with one attached hydrogen (secondary N) is 2. The summed E-state index contributed by atoms with van der Waals surface area (Å²) in [5, 5.41) is 5.10. The number of ether oxygens (including phenoxy) is 2. The number of methoxy groups -OCH3 is 1.